The molecule has 102 valence electrons. The van der Waals surface area contributed by atoms with E-state index in [2.05, 4.69) is 11.9 Å². The molecule has 1 fully saturated rings. The fraction of sp³-hybridized carbons (Fsp3) is 0.692. The molecule has 0 aliphatic carbocycles. The lowest BCUT2D eigenvalue weighted by Gasteiger charge is -2.26. The third-order valence-corrected chi connectivity index (χ3v) is 3.62. The van der Waals surface area contributed by atoms with Gasteiger partial charge in [-0.3, -0.25) is 9.59 Å². The molecule has 5 heteroatoms. The van der Waals surface area contributed by atoms with Crippen molar-refractivity contribution in [2.75, 3.05) is 18.2 Å². The first-order chi connectivity index (χ1) is 8.35. The van der Waals surface area contributed by atoms with Crippen LogP contribution in [0.2, 0.25) is 0 Å². The molecule has 1 N–H and O–H groups in total. The van der Waals surface area contributed by atoms with E-state index in [1.807, 2.05) is 20.8 Å². The molecule has 1 aliphatic rings. The van der Waals surface area contributed by atoms with Crippen molar-refractivity contribution in [3.63, 3.8) is 0 Å². The summed E-state index contributed by atoms with van der Waals surface area (Å²) in [7, 11) is 0. The van der Waals surface area contributed by atoms with E-state index in [4.69, 9.17) is 0 Å². The Balaban J connectivity index is 2.61. The Labute approximate surface area is 113 Å². The Hall–Kier alpha value is -0.970. The van der Waals surface area contributed by atoms with E-state index in [9.17, 15) is 9.59 Å². The van der Waals surface area contributed by atoms with Crippen LogP contribution < -0.4 is 5.32 Å². The normalized spacial score (nSPS) is 19.7. The van der Waals surface area contributed by atoms with Crippen molar-refractivity contribution in [2.45, 2.75) is 33.2 Å². The van der Waals surface area contributed by atoms with Crippen LogP contribution in [0.3, 0.4) is 0 Å². The highest BCUT2D eigenvalue weighted by molar-refractivity contribution is 7.99. The monoisotopic (exact) mass is 270 g/mol. The minimum Gasteiger partial charge on any atom is -0.351 e. The number of rotatable bonds is 4. The first-order valence-corrected chi connectivity index (χ1v) is 7.26. The van der Waals surface area contributed by atoms with Gasteiger partial charge in [0.15, 0.2) is 0 Å². The van der Waals surface area contributed by atoms with Crippen LogP contribution >= 0.6 is 11.8 Å². The van der Waals surface area contributed by atoms with Gasteiger partial charge < -0.3 is 10.2 Å². The van der Waals surface area contributed by atoms with Crippen molar-refractivity contribution in [1.29, 1.82) is 0 Å². The molecule has 0 bridgehead atoms. The SMILES string of the molecule is C=CCNC(=O)[C@H]1CSCN1C(=O)CC(C)(C)C. The van der Waals surface area contributed by atoms with Gasteiger partial charge in [-0.15, -0.1) is 18.3 Å². The summed E-state index contributed by atoms with van der Waals surface area (Å²) in [6, 6.07) is -0.329. The van der Waals surface area contributed by atoms with E-state index in [-0.39, 0.29) is 23.3 Å². The average molecular weight is 270 g/mol. The fourth-order valence-corrected chi connectivity index (χ4v) is 2.93. The lowest BCUT2D eigenvalue weighted by Crippen LogP contribution is -2.47. The second kappa shape index (κ2) is 6.27. The molecule has 0 unspecified atom stereocenters. The maximum Gasteiger partial charge on any atom is 0.243 e. The molecule has 4 nitrogen and oxygen atoms in total. The molecule has 1 heterocycles. The Bertz CT molecular complexity index is 336. The molecule has 18 heavy (non-hydrogen) atoms. The number of hydrogen-bond acceptors (Lipinski definition) is 3. The smallest absolute Gasteiger partial charge is 0.243 e. The van der Waals surface area contributed by atoms with Gasteiger partial charge in [0.25, 0.3) is 0 Å². The zero-order valence-electron chi connectivity index (χ0n) is 11.4. The molecule has 0 aromatic carbocycles. The number of nitrogens with one attached hydrogen (secondary N) is 1. The van der Waals surface area contributed by atoms with Gasteiger partial charge in [-0.25, -0.2) is 0 Å². The quantitative estimate of drug-likeness (QED) is 0.790. The number of hydrogen-bond donors (Lipinski definition) is 1. The van der Waals surface area contributed by atoms with Crippen LogP contribution in [-0.2, 0) is 9.59 Å². The first kappa shape index (κ1) is 15.1. The highest BCUT2D eigenvalue weighted by Gasteiger charge is 2.35. The maximum absolute atomic E-state index is 12.2. The number of carbonyl (C=O) groups excluding carboxylic acids is 2. The van der Waals surface area contributed by atoms with Crippen LogP contribution in [0.4, 0.5) is 0 Å². The average Bonchev–Trinajstić information content (AvgIpc) is 2.72. The number of thioether (sulfide) groups is 1. The molecule has 1 saturated heterocycles. The largest absolute Gasteiger partial charge is 0.351 e. The molecule has 0 saturated carbocycles. The second-order valence-electron chi connectivity index (χ2n) is 5.65. The van der Waals surface area contributed by atoms with Gasteiger partial charge in [-0.1, -0.05) is 26.8 Å². The molecule has 0 aromatic rings. The van der Waals surface area contributed by atoms with Crippen molar-refractivity contribution in [2.24, 2.45) is 5.41 Å². The van der Waals surface area contributed by atoms with E-state index < -0.39 is 0 Å². The Morgan fingerprint density at radius 2 is 2.17 bits per heavy atom. The summed E-state index contributed by atoms with van der Waals surface area (Å²) in [5, 5.41) is 2.76. The molecule has 0 radical (unpaired) electrons. The van der Waals surface area contributed by atoms with Gasteiger partial charge in [-0.2, -0.15) is 0 Å². The molecular weight excluding hydrogens is 248 g/mol. The third kappa shape index (κ3) is 4.37. The molecule has 2 amide bonds. The first-order valence-electron chi connectivity index (χ1n) is 6.11. The second-order valence-corrected chi connectivity index (χ2v) is 6.65. The molecular formula is C13H22N2O2S. The summed E-state index contributed by atoms with van der Waals surface area (Å²) in [6.45, 7) is 10.1. The predicted octanol–water partition coefficient (Wildman–Crippen LogP) is 1.63. The van der Waals surface area contributed by atoms with Crippen molar-refractivity contribution in [1.82, 2.24) is 10.2 Å². The van der Waals surface area contributed by atoms with E-state index in [0.29, 0.717) is 24.6 Å². The van der Waals surface area contributed by atoms with Crippen LogP contribution in [0, 0.1) is 5.41 Å². The third-order valence-electron chi connectivity index (χ3n) is 2.61. The van der Waals surface area contributed by atoms with Crippen molar-refractivity contribution in [3.8, 4) is 0 Å². The van der Waals surface area contributed by atoms with Gasteiger partial charge in [0.2, 0.25) is 11.8 Å². The summed E-state index contributed by atoms with van der Waals surface area (Å²) >= 11 is 1.62. The topological polar surface area (TPSA) is 49.4 Å². The molecule has 1 rings (SSSR count). The maximum atomic E-state index is 12.2. The minimum absolute atomic E-state index is 0.0491. The zero-order valence-corrected chi connectivity index (χ0v) is 12.2. The van der Waals surface area contributed by atoms with Gasteiger partial charge in [-0.05, 0) is 5.41 Å². The fourth-order valence-electron chi connectivity index (χ4n) is 1.75. The molecule has 1 aliphatic heterocycles. The summed E-state index contributed by atoms with van der Waals surface area (Å²) in [4.78, 5) is 25.8. The number of amides is 2. The van der Waals surface area contributed by atoms with E-state index in [0.717, 1.165) is 0 Å². The van der Waals surface area contributed by atoms with Gasteiger partial charge in [0, 0.05) is 18.7 Å². The van der Waals surface area contributed by atoms with Crippen molar-refractivity contribution in [3.05, 3.63) is 12.7 Å². The highest BCUT2D eigenvalue weighted by Crippen LogP contribution is 2.26. The number of carbonyl (C=O) groups is 2. The number of nitrogens with zero attached hydrogens (tertiary/aromatic N) is 1. The van der Waals surface area contributed by atoms with E-state index >= 15 is 0 Å². The Morgan fingerprint density at radius 1 is 1.50 bits per heavy atom. The standard InChI is InChI=1S/C13H22N2O2S/c1-5-6-14-12(17)10-8-18-9-15(10)11(16)7-13(2,3)4/h5,10H,1,6-9H2,2-4H3,(H,14,17)/t10-/m1/s1. The minimum atomic E-state index is -0.329. The Kier molecular flexibility index (Phi) is 5.26. The van der Waals surface area contributed by atoms with Crippen LogP contribution in [0.5, 0.6) is 0 Å². The lowest BCUT2D eigenvalue weighted by atomic mass is 9.91. The molecule has 1 atom stereocenters. The lowest BCUT2D eigenvalue weighted by molar-refractivity contribution is -0.139. The zero-order chi connectivity index (χ0) is 13.8. The van der Waals surface area contributed by atoms with Crippen LogP contribution in [-0.4, -0.2) is 40.9 Å². The van der Waals surface area contributed by atoms with Crippen LogP contribution in [0.25, 0.3) is 0 Å². The predicted molar refractivity (Wildman–Crippen MR) is 75.2 cm³/mol. The molecule has 0 aromatic heterocycles. The van der Waals surface area contributed by atoms with Gasteiger partial charge >= 0.3 is 0 Å². The van der Waals surface area contributed by atoms with E-state index in [1.54, 1.807) is 22.7 Å². The highest BCUT2D eigenvalue weighted by atomic mass is 32.2. The van der Waals surface area contributed by atoms with Crippen LogP contribution in [0.15, 0.2) is 12.7 Å². The van der Waals surface area contributed by atoms with Crippen LogP contribution in [0.1, 0.15) is 27.2 Å². The summed E-state index contributed by atoms with van der Waals surface area (Å²) in [5.74, 6) is 1.27. The summed E-state index contributed by atoms with van der Waals surface area (Å²) in [5.41, 5.74) is -0.0491. The van der Waals surface area contributed by atoms with Crippen molar-refractivity contribution < 1.29 is 9.59 Å². The van der Waals surface area contributed by atoms with E-state index in [1.165, 1.54) is 0 Å². The Morgan fingerprint density at radius 3 is 2.72 bits per heavy atom. The summed E-state index contributed by atoms with van der Waals surface area (Å²) < 4.78 is 0. The molecule has 0 spiro atoms. The summed E-state index contributed by atoms with van der Waals surface area (Å²) in [6.07, 6.45) is 2.11. The van der Waals surface area contributed by atoms with Gasteiger partial charge in [0.1, 0.15) is 6.04 Å². The van der Waals surface area contributed by atoms with Gasteiger partial charge in [0.05, 0.1) is 5.88 Å². The van der Waals surface area contributed by atoms with Crippen molar-refractivity contribution >= 4 is 23.6 Å².